The monoisotopic (exact) mass is 347 g/mol. The molecular formula is C16H14ClN3O4. The van der Waals surface area contributed by atoms with Crippen LogP contribution < -0.4 is 10.6 Å². The molecule has 3 N–H and O–H groups in total. The van der Waals surface area contributed by atoms with E-state index in [1.807, 2.05) is 6.07 Å². The minimum absolute atomic E-state index is 0.132. The van der Waals surface area contributed by atoms with E-state index in [9.17, 15) is 14.7 Å². The maximum Gasteiger partial charge on any atom is 0.313 e. The maximum absolute atomic E-state index is 11.9. The van der Waals surface area contributed by atoms with Gasteiger partial charge in [0.05, 0.1) is 17.8 Å². The number of benzene rings is 1. The van der Waals surface area contributed by atoms with Crippen molar-refractivity contribution in [3.8, 4) is 6.07 Å². The van der Waals surface area contributed by atoms with Gasteiger partial charge in [-0.15, -0.1) is 0 Å². The molecule has 2 amide bonds. The molecule has 8 heteroatoms. The fraction of sp³-hybridized carbons (Fsp3) is 0.188. The van der Waals surface area contributed by atoms with Crippen LogP contribution >= 0.6 is 11.6 Å². The number of rotatable bonds is 4. The first-order valence-electron chi connectivity index (χ1n) is 6.94. The van der Waals surface area contributed by atoms with Crippen LogP contribution in [0, 0.1) is 18.3 Å². The Morgan fingerprint density at radius 2 is 2.08 bits per heavy atom. The van der Waals surface area contributed by atoms with Crippen molar-refractivity contribution in [3.63, 3.8) is 0 Å². The summed E-state index contributed by atoms with van der Waals surface area (Å²) in [5, 5.41) is 23.8. The molecule has 2 aromatic rings. The number of amides is 2. The van der Waals surface area contributed by atoms with Gasteiger partial charge in [0.2, 0.25) is 0 Å². The summed E-state index contributed by atoms with van der Waals surface area (Å²) in [6, 6.07) is 9.43. The number of aryl methyl sites for hydroxylation is 1. The zero-order valence-corrected chi connectivity index (χ0v) is 13.4. The highest BCUT2D eigenvalue weighted by Gasteiger charge is 2.18. The second-order valence-corrected chi connectivity index (χ2v) is 5.37. The molecular weight excluding hydrogens is 334 g/mol. The molecule has 0 spiro atoms. The fourth-order valence-electron chi connectivity index (χ4n) is 1.90. The van der Waals surface area contributed by atoms with Gasteiger partial charge in [-0.3, -0.25) is 9.59 Å². The predicted molar refractivity (Wildman–Crippen MR) is 86.2 cm³/mol. The Labute approximate surface area is 142 Å². The number of hydrogen-bond acceptors (Lipinski definition) is 5. The average molecular weight is 348 g/mol. The average Bonchev–Trinajstić information content (AvgIpc) is 2.99. The second-order valence-electron chi connectivity index (χ2n) is 4.93. The molecule has 7 nitrogen and oxygen atoms in total. The minimum Gasteiger partial charge on any atom is -0.464 e. The lowest BCUT2D eigenvalue weighted by Crippen LogP contribution is -2.37. The molecule has 0 aliphatic carbocycles. The number of aliphatic hydroxyl groups excluding tert-OH is 1. The normalized spacial score (nSPS) is 11.4. The standard InChI is InChI=1S/C16H14ClN3O4/c1-9-2-5-14(24-9)13(21)8-19-15(22)16(23)20-12-6-11(17)4-3-10(12)7-18/h2-6,13,21H,8H2,1H3,(H,19,22)(H,20,23)/t13-/m0/s1. The molecule has 1 atom stereocenters. The highest BCUT2D eigenvalue weighted by molar-refractivity contribution is 6.40. The Morgan fingerprint density at radius 3 is 2.71 bits per heavy atom. The fourth-order valence-corrected chi connectivity index (χ4v) is 2.07. The number of hydrogen-bond donors (Lipinski definition) is 3. The van der Waals surface area contributed by atoms with Crippen molar-refractivity contribution in [2.24, 2.45) is 0 Å². The molecule has 1 heterocycles. The summed E-state index contributed by atoms with van der Waals surface area (Å²) >= 11 is 5.80. The van der Waals surface area contributed by atoms with E-state index in [0.29, 0.717) is 10.8 Å². The van der Waals surface area contributed by atoms with Gasteiger partial charge in [-0.05, 0) is 37.3 Å². The van der Waals surface area contributed by atoms with Crippen LogP contribution in [-0.4, -0.2) is 23.5 Å². The quantitative estimate of drug-likeness (QED) is 0.730. The van der Waals surface area contributed by atoms with E-state index in [-0.39, 0.29) is 23.6 Å². The number of halogens is 1. The van der Waals surface area contributed by atoms with Gasteiger partial charge in [0.15, 0.2) is 0 Å². The number of anilines is 1. The molecule has 0 saturated heterocycles. The van der Waals surface area contributed by atoms with Crippen molar-refractivity contribution in [1.29, 1.82) is 5.26 Å². The van der Waals surface area contributed by atoms with Crippen molar-refractivity contribution in [1.82, 2.24) is 5.32 Å². The number of carbonyl (C=O) groups is 2. The zero-order valence-electron chi connectivity index (χ0n) is 12.7. The largest absolute Gasteiger partial charge is 0.464 e. The molecule has 1 aromatic carbocycles. The van der Waals surface area contributed by atoms with Gasteiger partial charge >= 0.3 is 11.8 Å². The molecule has 24 heavy (non-hydrogen) atoms. The highest BCUT2D eigenvalue weighted by atomic mass is 35.5. The maximum atomic E-state index is 11.9. The van der Waals surface area contributed by atoms with Crippen LogP contribution in [0.15, 0.2) is 34.7 Å². The summed E-state index contributed by atoms with van der Waals surface area (Å²) < 4.78 is 5.22. The molecule has 0 aliphatic rings. The highest BCUT2D eigenvalue weighted by Crippen LogP contribution is 2.20. The molecule has 0 aliphatic heterocycles. The second kappa shape index (κ2) is 7.64. The number of nitrogens with one attached hydrogen (secondary N) is 2. The third-order valence-electron chi connectivity index (χ3n) is 3.10. The van der Waals surface area contributed by atoms with Gasteiger partial charge in [-0.1, -0.05) is 11.6 Å². The lowest BCUT2D eigenvalue weighted by atomic mass is 10.2. The predicted octanol–water partition coefficient (Wildman–Crippen LogP) is 1.90. The van der Waals surface area contributed by atoms with E-state index < -0.39 is 17.9 Å². The van der Waals surface area contributed by atoms with Crippen LogP contribution in [-0.2, 0) is 9.59 Å². The summed E-state index contributed by atoms with van der Waals surface area (Å²) in [7, 11) is 0. The SMILES string of the molecule is Cc1ccc([C@@H](O)CNC(=O)C(=O)Nc2cc(Cl)ccc2C#N)o1. The summed E-state index contributed by atoms with van der Waals surface area (Å²) in [4.78, 5) is 23.7. The van der Waals surface area contributed by atoms with Crippen LogP contribution in [0.2, 0.25) is 5.02 Å². The van der Waals surface area contributed by atoms with Crippen molar-refractivity contribution in [2.75, 3.05) is 11.9 Å². The summed E-state index contributed by atoms with van der Waals surface area (Å²) in [6.45, 7) is 1.53. The minimum atomic E-state index is -1.07. The Morgan fingerprint density at radius 1 is 1.33 bits per heavy atom. The van der Waals surface area contributed by atoms with Crippen molar-refractivity contribution in [2.45, 2.75) is 13.0 Å². The molecule has 0 unspecified atom stereocenters. The van der Waals surface area contributed by atoms with Crippen LogP contribution in [0.3, 0.4) is 0 Å². The van der Waals surface area contributed by atoms with Crippen LogP contribution in [0.5, 0.6) is 0 Å². The van der Waals surface area contributed by atoms with Crippen molar-refractivity contribution >= 4 is 29.1 Å². The molecule has 0 radical (unpaired) electrons. The van der Waals surface area contributed by atoms with E-state index in [1.165, 1.54) is 18.2 Å². The third-order valence-corrected chi connectivity index (χ3v) is 3.34. The first-order valence-corrected chi connectivity index (χ1v) is 7.31. The zero-order chi connectivity index (χ0) is 17.7. The van der Waals surface area contributed by atoms with Gasteiger partial charge in [0.25, 0.3) is 0 Å². The smallest absolute Gasteiger partial charge is 0.313 e. The van der Waals surface area contributed by atoms with Crippen LogP contribution in [0.25, 0.3) is 0 Å². The first-order chi connectivity index (χ1) is 11.4. The topological polar surface area (TPSA) is 115 Å². The number of aliphatic hydroxyl groups is 1. The van der Waals surface area contributed by atoms with Gasteiger partial charge < -0.3 is 20.2 Å². The van der Waals surface area contributed by atoms with E-state index in [2.05, 4.69) is 10.6 Å². The van der Waals surface area contributed by atoms with Crippen LogP contribution in [0.1, 0.15) is 23.2 Å². The van der Waals surface area contributed by atoms with Crippen molar-refractivity contribution in [3.05, 3.63) is 52.4 Å². The van der Waals surface area contributed by atoms with Gasteiger partial charge in [0, 0.05) is 5.02 Å². The summed E-state index contributed by atoms with van der Waals surface area (Å²) in [6.07, 6.45) is -1.07. The first kappa shape index (κ1) is 17.5. The molecule has 124 valence electrons. The van der Waals surface area contributed by atoms with E-state index in [1.54, 1.807) is 19.1 Å². The van der Waals surface area contributed by atoms with Gasteiger partial charge in [0.1, 0.15) is 23.7 Å². The third kappa shape index (κ3) is 4.35. The Bertz CT molecular complexity index is 810. The van der Waals surface area contributed by atoms with Crippen molar-refractivity contribution < 1.29 is 19.1 Å². The summed E-state index contributed by atoms with van der Waals surface area (Å²) in [5.74, 6) is -1.02. The summed E-state index contributed by atoms with van der Waals surface area (Å²) in [5.41, 5.74) is 0.305. The molecule has 1 aromatic heterocycles. The molecule has 0 fully saturated rings. The Balaban J connectivity index is 1.94. The molecule has 0 saturated carbocycles. The lowest BCUT2D eigenvalue weighted by molar-refractivity contribution is -0.136. The number of carbonyl (C=O) groups excluding carboxylic acids is 2. The van der Waals surface area contributed by atoms with Gasteiger partial charge in [-0.2, -0.15) is 5.26 Å². The number of nitriles is 1. The Hall–Kier alpha value is -2.82. The van der Waals surface area contributed by atoms with E-state index in [4.69, 9.17) is 21.3 Å². The van der Waals surface area contributed by atoms with Gasteiger partial charge in [-0.25, -0.2) is 0 Å². The lowest BCUT2D eigenvalue weighted by Gasteiger charge is -2.10. The number of furan rings is 1. The van der Waals surface area contributed by atoms with E-state index >= 15 is 0 Å². The molecule has 2 rings (SSSR count). The Kier molecular flexibility index (Phi) is 5.58. The van der Waals surface area contributed by atoms with E-state index in [0.717, 1.165) is 0 Å². The van der Waals surface area contributed by atoms with Crippen LogP contribution in [0.4, 0.5) is 5.69 Å². The molecule has 0 bridgehead atoms. The number of nitrogens with zero attached hydrogens (tertiary/aromatic N) is 1.